The first kappa shape index (κ1) is 19.2. The number of carbonyl (C=O) groups is 1. The van der Waals surface area contributed by atoms with Crippen molar-refractivity contribution in [3.8, 4) is 0 Å². The Bertz CT molecular complexity index is 839. The second-order valence-corrected chi connectivity index (χ2v) is 7.01. The molecule has 27 heavy (non-hydrogen) atoms. The van der Waals surface area contributed by atoms with Gasteiger partial charge in [-0.05, 0) is 34.1 Å². The molecule has 2 atom stereocenters. The number of carbonyl (C=O) groups excluding carboxylic acids is 1. The zero-order chi connectivity index (χ0) is 19.6. The Morgan fingerprint density at radius 1 is 1.19 bits per heavy atom. The summed E-state index contributed by atoms with van der Waals surface area (Å²) >= 11 is 0. The van der Waals surface area contributed by atoms with Crippen LogP contribution in [0.1, 0.15) is 52.7 Å². The highest BCUT2D eigenvalue weighted by Crippen LogP contribution is 2.25. The van der Waals surface area contributed by atoms with Gasteiger partial charge in [0.1, 0.15) is 5.82 Å². The van der Waals surface area contributed by atoms with Crippen molar-refractivity contribution in [2.75, 3.05) is 25.0 Å². The molecule has 0 spiro atoms. The SMILES string of the molecule is CNC(=O)c1nc(C)c(C)c(N2CC[C@@H](NC(C)c3nccnc3C)C2)n1. The molecule has 1 aliphatic heterocycles. The van der Waals surface area contributed by atoms with Crippen molar-refractivity contribution in [2.45, 2.75) is 46.2 Å². The number of aromatic nitrogens is 4. The smallest absolute Gasteiger partial charge is 0.288 e. The fourth-order valence-corrected chi connectivity index (χ4v) is 3.50. The second kappa shape index (κ2) is 7.96. The molecule has 0 aromatic carbocycles. The van der Waals surface area contributed by atoms with Crippen molar-refractivity contribution in [3.63, 3.8) is 0 Å². The van der Waals surface area contributed by atoms with Gasteiger partial charge in [0.15, 0.2) is 0 Å². The molecule has 2 aromatic rings. The number of amides is 1. The fraction of sp³-hybridized carbons (Fsp3) is 0.526. The highest BCUT2D eigenvalue weighted by molar-refractivity contribution is 5.90. The highest BCUT2D eigenvalue weighted by atomic mass is 16.2. The van der Waals surface area contributed by atoms with Crippen molar-refractivity contribution in [3.05, 3.63) is 40.9 Å². The van der Waals surface area contributed by atoms with Gasteiger partial charge >= 0.3 is 0 Å². The van der Waals surface area contributed by atoms with Gasteiger partial charge in [0.05, 0.1) is 11.4 Å². The predicted octanol–water partition coefficient (Wildman–Crippen LogP) is 1.48. The Balaban J connectivity index is 1.73. The van der Waals surface area contributed by atoms with E-state index in [-0.39, 0.29) is 17.8 Å². The molecule has 2 N–H and O–H groups in total. The second-order valence-electron chi connectivity index (χ2n) is 7.01. The minimum Gasteiger partial charge on any atom is -0.355 e. The van der Waals surface area contributed by atoms with Gasteiger partial charge in [0.25, 0.3) is 5.91 Å². The molecular weight excluding hydrogens is 342 g/mol. The van der Waals surface area contributed by atoms with E-state index in [1.165, 1.54) is 0 Å². The van der Waals surface area contributed by atoms with Crippen LogP contribution in [-0.4, -0.2) is 52.0 Å². The van der Waals surface area contributed by atoms with Crippen molar-refractivity contribution in [1.82, 2.24) is 30.6 Å². The number of hydrogen-bond donors (Lipinski definition) is 2. The molecule has 2 aromatic heterocycles. The number of anilines is 1. The first-order valence-electron chi connectivity index (χ1n) is 9.26. The average Bonchev–Trinajstić information content (AvgIpc) is 3.11. The van der Waals surface area contributed by atoms with Gasteiger partial charge in [-0.25, -0.2) is 9.97 Å². The van der Waals surface area contributed by atoms with Crippen LogP contribution < -0.4 is 15.5 Å². The maximum atomic E-state index is 12.0. The van der Waals surface area contributed by atoms with Crippen LogP contribution in [0.3, 0.4) is 0 Å². The lowest BCUT2D eigenvalue weighted by molar-refractivity contribution is 0.0952. The summed E-state index contributed by atoms with van der Waals surface area (Å²) in [5.74, 6) is 0.796. The van der Waals surface area contributed by atoms with E-state index in [1.807, 2.05) is 20.8 Å². The summed E-state index contributed by atoms with van der Waals surface area (Å²) in [6.45, 7) is 9.73. The van der Waals surface area contributed by atoms with E-state index in [0.29, 0.717) is 6.04 Å². The lowest BCUT2D eigenvalue weighted by Crippen LogP contribution is -2.35. The molecule has 8 heteroatoms. The Morgan fingerprint density at radius 2 is 1.93 bits per heavy atom. The molecule has 3 rings (SSSR count). The average molecular weight is 369 g/mol. The number of aryl methyl sites for hydroxylation is 2. The minimum atomic E-state index is -0.264. The van der Waals surface area contributed by atoms with Crippen molar-refractivity contribution >= 4 is 11.7 Å². The van der Waals surface area contributed by atoms with Gasteiger partial charge in [-0.1, -0.05) is 0 Å². The Kier molecular flexibility index (Phi) is 5.65. The van der Waals surface area contributed by atoms with E-state index >= 15 is 0 Å². The molecule has 1 amide bonds. The topological polar surface area (TPSA) is 95.9 Å². The summed E-state index contributed by atoms with van der Waals surface area (Å²) in [5, 5.41) is 6.25. The molecule has 1 unspecified atom stereocenters. The van der Waals surface area contributed by atoms with Crippen LogP contribution >= 0.6 is 0 Å². The van der Waals surface area contributed by atoms with Gasteiger partial charge < -0.3 is 15.5 Å². The van der Waals surface area contributed by atoms with Gasteiger partial charge in [-0.2, -0.15) is 0 Å². The molecule has 144 valence electrons. The van der Waals surface area contributed by atoms with E-state index < -0.39 is 0 Å². The largest absolute Gasteiger partial charge is 0.355 e. The van der Waals surface area contributed by atoms with Crippen LogP contribution in [0.2, 0.25) is 0 Å². The molecule has 1 fully saturated rings. The van der Waals surface area contributed by atoms with E-state index in [1.54, 1.807) is 19.4 Å². The molecule has 0 radical (unpaired) electrons. The van der Waals surface area contributed by atoms with Crippen molar-refractivity contribution < 1.29 is 4.79 Å². The Morgan fingerprint density at radius 3 is 2.63 bits per heavy atom. The molecule has 1 aliphatic rings. The normalized spacial score (nSPS) is 17.8. The molecule has 8 nitrogen and oxygen atoms in total. The number of nitrogens with one attached hydrogen (secondary N) is 2. The van der Waals surface area contributed by atoms with Crippen LogP contribution in [0, 0.1) is 20.8 Å². The van der Waals surface area contributed by atoms with Crippen LogP contribution in [0.5, 0.6) is 0 Å². The third-order valence-corrected chi connectivity index (χ3v) is 5.10. The number of nitrogens with zero attached hydrogens (tertiary/aromatic N) is 5. The van der Waals surface area contributed by atoms with Gasteiger partial charge in [-0.15, -0.1) is 0 Å². The van der Waals surface area contributed by atoms with Gasteiger partial charge in [0.2, 0.25) is 5.82 Å². The molecular formula is C19H27N7O. The zero-order valence-corrected chi connectivity index (χ0v) is 16.6. The van der Waals surface area contributed by atoms with Crippen molar-refractivity contribution in [1.29, 1.82) is 0 Å². The summed E-state index contributed by atoms with van der Waals surface area (Å²) in [4.78, 5) is 31.8. The standard InChI is InChI=1S/C19H27N7O/c1-11-12(2)24-17(19(27)20-5)25-18(11)26-9-6-15(10-26)23-14(4)16-13(3)21-7-8-22-16/h7-8,14-15,23H,6,9-10H2,1-5H3,(H,20,27)/t14?,15-/m1/s1. The molecule has 0 saturated carbocycles. The van der Waals surface area contributed by atoms with Crippen LogP contribution in [0.15, 0.2) is 12.4 Å². The highest BCUT2D eigenvalue weighted by Gasteiger charge is 2.28. The Labute approximate surface area is 159 Å². The predicted molar refractivity (Wildman–Crippen MR) is 104 cm³/mol. The summed E-state index contributed by atoms with van der Waals surface area (Å²) < 4.78 is 0. The first-order chi connectivity index (χ1) is 12.9. The number of rotatable bonds is 5. The molecule has 1 saturated heterocycles. The lowest BCUT2D eigenvalue weighted by Gasteiger charge is -2.23. The summed E-state index contributed by atoms with van der Waals surface area (Å²) in [6, 6.07) is 0.442. The molecule has 0 bridgehead atoms. The van der Waals surface area contributed by atoms with Gasteiger partial charge in [0, 0.05) is 55.9 Å². The first-order valence-corrected chi connectivity index (χ1v) is 9.26. The summed E-state index contributed by atoms with van der Waals surface area (Å²) in [7, 11) is 1.59. The van der Waals surface area contributed by atoms with E-state index in [2.05, 4.69) is 42.4 Å². The summed E-state index contributed by atoms with van der Waals surface area (Å²) in [5.41, 5.74) is 3.77. The number of hydrogen-bond acceptors (Lipinski definition) is 7. The summed E-state index contributed by atoms with van der Waals surface area (Å²) in [6.07, 6.45) is 4.45. The van der Waals surface area contributed by atoms with Crippen LogP contribution in [0.4, 0.5) is 5.82 Å². The monoisotopic (exact) mass is 369 g/mol. The Hall–Kier alpha value is -2.61. The fourth-order valence-electron chi connectivity index (χ4n) is 3.50. The quantitative estimate of drug-likeness (QED) is 0.824. The van der Waals surface area contributed by atoms with Crippen LogP contribution in [0.25, 0.3) is 0 Å². The maximum Gasteiger partial charge on any atom is 0.288 e. The zero-order valence-electron chi connectivity index (χ0n) is 16.6. The van der Waals surface area contributed by atoms with Crippen molar-refractivity contribution in [2.24, 2.45) is 0 Å². The van der Waals surface area contributed by atoms with E-state index in [9.17, 15) is 4.79 Å². The van der Waals surface area contributed by atoms with Crippen LogP contribution in [-0.2, 0) is 0 Å². The molecule has 0 aliphatic carbocycles. The van der Waals surface area contributed by atoms with E-state index in [4.69, 9.17) is 0 Å². The maximum absolute atomic E-state index is 12.0. The minimum absolute atomic E-state index is 0.123. The van der Waals surface area contributed by atoms with E-state index in [0.717, 1.165) is 48.0 Å². The third kappa shape index (κ3) is 4.05. The lowest BCUT2D eigenvalue weighted by atomic mass is 10.1. The van der Waals surface area contributed by atoms with Gasteiger partial charge in [-0.3, -0.25) is 14.8 Å². The third-order valence-electron chi connectivity index (χ3n) is 5.10. The molecule has 3 heterocycles.